The molecule has 29 heavy (non-hydrogen) atoms. The molecule has 1 aliphatic carbocycles. The number of nitrogens with zero attached hydrogens (tertiary/aromatic N) is 2. The van der Waals surface area contributed by atoms with Crippen molar-refractivity contribution in [2.75, 3.05) is 23.4 Å². The summed E-state index contributed by atoms with van der Waals surface area (Å²) in [4.78, 5) is 30.8. The Kier molecular flexibility index (Phi) is 5.08. The first-order valence-electron chi connectivity index (χ1n) is 9.87. The highest BCUT2D eigenvalue weighted by Crippen LogP contribution is 2.43. The maximum Gasteiger partial charge on any atom is 0.258 e. The fourth-order valence-electron chi connectivity index (χ4n) is 3.61. The van der Waals surface area contributed by atoms with Crippen molar-refractivity contribution in [2.45, 2.75) is 44.6 Å². The van der Waals surface area contributed by atoms with Gasteiger partial charge in [-0.15, -0.1) is 0 Å². The van der Waals surface area contributed by atoms with Crippen molar-refractivity contribution < 1.29 is 18.7 Å². The molecule has 4 rings (SSSR count). The highest BCUT2D eigenvalue weighted by atomic mass is 19.1. The Balaban J connectivity index is 1.52. The third-order valence-electron chi connectivity index (χ3n) is 5.42. The van der Waals surface area contributed by atoms with Crippen LogP contribution in [0.2, 0.25) is 0 Å². The van der Waals surface area contributed by atoms with Gasteiger partial charge in [0.2, 0.25) is 5.91 Å². The van der Waals surface area contributed by atoms with Gasteiger partial charge in [-0.2, -0.15) is 0 Å². The molecule has 6 nitrogen and oxygen atoms in total. The molecular weight excluding hydrogens is 373 g/mol. The summed E-state index contributed by atoms with van der Waals surface area (Å²) in [7, 11) is 0. The predicted octanol–water partition coefficient (Wildman–Crippen LogP) is 3.67. The maximum atomic E-state index is 13.8. The van der Waals surface area contributed by atoms with Crippen LogP contribution in [-0.4, -0.2) is 36.1 Å². The fraction of sp³-hybridized carbons (Fsp3) is 0.409. The zero-order chi connectivity index (χ0) is 20.6. The molecule has 2 heterocycles. The molecule has 1 aromatic carbocycles. The van der Waals surface area contributed by atoms with Crippen molar-refractivity contribution in [1.29, 1.82) is 0 Å². The number of carbonyl (C=O) groups excluding carboxylic acids is 2. The molecule has 1 aliphatic heterocycles. The number of aromatic nitrogens is 1. The molecule has 0 atom stereocenters. The van der Waals surface area contributed by atoms with E-state index in [0.717, 1.165) is 36.7 Å². The van der Waals surface area contributed by atoms with E-state index in [4.69, 9.17) is 4.74 Å². The van der Waals surface area contributed by atoms with E-state index < -0.39 is 17.1 Å². The number of hydrogen-bond acceptors (Lipinski definition) is 4. The number of benzene rings is 1. The van der Waals surface area contributed by atoms with Gasteiger partial charge in [0.25, 0.3) is 5.91 Å². The van der Waals surface area contributed by atoms with Gasteiger partial charge in [0.15, 0.2) is 5.82 Å². The van der Waals surface area contributed by atoms with E-state index in [1.807, 2.05) is 19.9 Å². The summed E-state index contributed by atoms with van der Waals surface area (Å²) in [5.41, 5.74) is 1.49. The lowest BCUT2D eigenvalue weighted by atomic mass is 9.86. The number of ether oxygens (including phenoxy) is 1. The third kappa shape index (κ3) is 3.87. The van der Waals surface area contributed by atoms with Crippen LogP contribution in [0.4, 0.5) is 15.8 Å². The second-order valence-corrected chi connectivity index (χ2v) is 8.05. The van der Waals surface area contributed by atoms with E-state index in [9.17, 15) is 14.0 Å². The number of pyridine rings is 1. The quantitative estimate of drug-likeness (QED) is 0.724. The van der Waals surface area contributed by atoms with Gasteiger partial charge in [-0.05, 0) is 56.9 Å². The Morgan fingerprint density at radius 1 is 1.34 bits per heavy atom. The smallest absolute Gasteiger partial charge is 0.258 e. The summed E-state index contributed by atoms with van der Waals surface area (Å²) in [6, 6.07) is 6.70. The molecule has 1 saturated carbocycles. The summed E-state index contributed by atoms with van der Waals surface area (Å²) >= 11 is 0. The van der Waals surface area contributed by atoms with Crippen molar-refractivity contribution >= 4 is 23.2 Å². The predicted molar refractivity (Wildman–Crippen MR) is 108 cm³/mol. The van der Waals surface area contributed by atoms with Crippen LogP contribution in [0.5, 0.6) is 0 Å². The standard InChI is InChI=1S/C22H24FN3O3/c1-22(2)17-7-4-14(25-20(27)16-8-9-24-13-18(16)23)12-19(17)26(21(22)28)10-3-11-29-15-5-6-15/h4,7-9,12-13,15H,3,5-6,10-11H2,1-2H3,(H,25,27). The van der Waals surface area contributed by atoms with E-state index in [1.165, 1.54) is 12.3 Å². The first-order chi connectivity index (χ1) is 13.9. The third-order valence-corrected chi connectivity index (χ3v) is 5.42. The maximum absolute atomic E-state index is 13.8. The molecule has 7 heteroatoms. The number of halogens is 1. The summed E-state index contributed by atoms with van der Waals surface area (Å²) in [6.45, 7) is 4.99. The Morgan fingerprint density at radius 2 is 2.14 bits per heavy atom. The molecular formula is C22H24FN3O3. The lowest BCUT2D eigenvalue weighted by Crippen LogP contribution is -2.37. The summed E-state index contributed by atoms with van der Waals surface area (Å²) < 4.78 is 19.5. The fourth-order valence-corrected chi connectivity index (χ4v) is 3.61. The number of fused-ring (bicyclic) bond motifs is 1. The molecule has 0 radical (unpaired) electrons. The minimum atomic E-state index is -0.681. The zero-order valence-electron chi connectivity index (χ0n) is 16.6. The largest absolute Gasteiger partial charge is 0.378 e. The van der Waals surface area contributed by atoms with Crippen LogP contribution in [0, 0.1) is 5.82 Å². The molecule has 2 aliphatic rings. The van der Waals surface area contributed by atoms with E-state index in [-0.39, 0.29) is 11.5 Å². The number of carbonyl (C=O) groups is 2. The lowest BCUT2D eigenvalue weighted by molar-refractivity contribution is -0.122. The van der Waals surface area contributed by atoms with Gasteiger partial charge in [-0.25, -0.2) is 4.39 Å². The SMILES string of the molecule is CC1(C)C(=O)N(CCCOC2CC2)c2cc(NC(=O)c3ccncc3F)ccc21. The van der Waals surface area contributed by atoms with E-state index in [0.29, 0.717) is 24.9 Å². The van der Waals surface area contributed by atoms with Crippen molar-refractivity contribution in [3.8, 4) is 0 Å². The molecule has 1 fully saturated rings. The topological polar surface area (TPSA) is 71.5 Å². The van der Waals surface area contributed by atoms with Crippen LogP contribution >= 0.6 is 0 Å². The number of nitrogens with one attached hydrogen (secondary N) is 1. The van der Waals surface area contributed by atoms with Gasteiger partial charge < -0.3 is 15.0 Å². The van der Waals surface area contributed by atoms with E-state index in [2.05, 4.69) is 10.3 Å². The molecule has 2 aromatic rings. The molecule has 0 saturated heterocycles. The Bertz CT molecular complexity index is 956. The summed E-state index contributed by atoms with van der Waals surface area (Å²) in [6.07, 6.45) is 5.76. The number of amides is 2. The highest BCUT2D eigenvalue weighted by molar-refractivity contribution is 6.09. The first kappa shape index (κ1) is 19.5. The van der Waals surface area contributed by atoms with Crippen molar-refractivity contribution in [3.63, 3.8) is 0 Å². The molecule has 152 valence electrons. The Labute approximate surface area is 169 Å². The minimum absolute atomic E-state index is 0.0302. The second kappa shape index (κ2) is 7.55. The van der Waals surface area contributed by atoms with Crippen LogP contribution < -0.4 is 10.2 Å². The van der Waals surface area contributed by atoms with Crippen molar-refractivity contribution in [3.05, 3.63) is 53.6 Å². The molecule has 0 unspecified atom stereocenters. The van der Waals surface area contributed by atoms with Crippen molar-refractivity contribution in [1.82, 2.24) is 4.98 Å². The van der Waals surface area contributed by atoms with Gasteiger partial charge in [0, 0.05) is 30.7 Å². The monoisotopic (exact) mass is 397 g/mol. The number of anilines is 2. The second-order valence-electron chi connectivity index (χ2n) is 8.05. The Hall–Kier alpha value is -2.80. The van der Waals surface area contributed by atoms with Crippen LogP contribution in [-0.2, 0) is 14.9 Å². The van der Waals surface area contributed by atoms with Crippen LogP contribution in [0.3, 0.4) is 0 Å². The average molecular weight is 397 g/mol. The van der Waals surface area contributed by atoms with E-state index in [1.54, 1.807) is 17.0 Å². The molecule has 1 N–H and O–H groups in total. The zero-order valence-corrected chi connectivity index (χ0v) is 16.6. The highest BCUT2D eigenvalue weighted by Gasteiger charge is 2.43. The van der Waals surface area contributed by atoms with Gasteiger partial charge in [-0.1, -0.05) is 6.07 Å². The van der Waals surface area contributed by atoms with Crippen LogP contribution in [0.1, 0.15) is 49.0 Å². The Morgan fingerprint density at radius 3 is 2.86 bits per heavy atom. The molecule has 0 bridgehead atoms. The van der Waals surface area contributed by atoms with Gasteiger partial charge in [-0.3, -0.25) is 14.6 Å². The number of rotatable bonds is 7. The number of hydrogen-bond donors (Lipinski definition) is 1. The minimum Gasteiger partial charge on any atom is -0.378 e. The molecule has 1 aromatic heterocycles. The molecule has 0 spiro atoms. The van der Waals surface area contributed by atoms with Crippen molar-refractivity contribution in [2.24, 2.45) is 0 Å². The lowest BCUT2D eigenvalue weighted by Gasteiger charge is -2.20. The van der Waals surface area contributed by atoms with Gasteiger partial charge >= 0.3 is 0 Å². The average Bonchev–Trinajstić information content (AvgIpc) is 3.49. The normalized spacial score (nSPS) is 17.3. The van der Waals surface area contributed by atoms with Gasteiger partial charge in [0.05, 0.1) is 23.3 Å². The summed E-state index contributed by atoms with van der Waals surface area (Å²) in [5.74, 6) is -1.21. The van der Waals surface area contributed by atoms with Gasteiger partial charge in [0.1, 0.15) is 0 Å². The van der Waals surface area contributed by atoms with Crippen LogP contribution in [0.25, 0.3) is 0 Å². The van der Waals surface area contributed by atoms with E-state index >= 15 is 0 Å². The molecule has 2 amide bonds. The van der Waals surface area contributed by atoms with Crippen LogP contribution in [0.15, 0.2) is 36.7 Å². The first-order valence-corrected chi connectivity index (χ1v) is 9.87. The summed E-state index contributed by atoms with van der Waals surface area (Å²) in [5, 5.41) is 2.71.